The fourth-order valence-electron chi connectivity index (χ4n) is 0.670. The van der Waals surface area contributed by atoms with Crippen LogP contribution in [0.2, 0.25) is 0 Å². The molecular weight excluding hydrogens is 138 g/mol. The Balaban J connectivity index is 3.85. The van der Waals surface area contributed by atoms with E-state index >= 15 is 0 Å². The van der Waals surface area contributed by atoms with Crippen LogP contribution in [0.5, 0.6) is 0 Å². The average Bonchev–Trinajstić information content (AvgIpc) is 2.00. The lowest BCUT2D eigenvalue weighted by Gasteiger charge is -1.99. The van der Waals surface area contributed by atoms with Gasteiger partial charge >= 0.3 is 0 Å². The van der Waals surface area contributed by atoms with Crippen LogP contribution in [0.4, 0.5) is 0 Å². The maximum Gasteiger partial charge on any atom is 0.247 e. The number of carbonyl (C=O) groups excluding carboxylic acids is 1. The fraction of sp³-hybridized carbons (Fsp3) is 0.444. The smallest absolute Gasteiger partial charge is 0.247 e. The average molecular weight is 151 g/mol. The molecule has 0 unspecified atom stereocenters. The van der Waals surface area contributed by atoms with Crippen molar-refractivity contribution in [1.29, 1.82) is 0 Å². The quantitative estimate of drug-likeness (QED) is 0.475. The lowest BCUT2D eigenvalue weighted by molar-refractivity contribution is -0.117. The third-order valence-electron chi connectivity index (χ3n) is 1.22. The highest BCUT2D eigenvalue weighted by atomic mass is 16.1. The van der Waals surface area contributed by atoms with Crippen LogP contribution in [0.3, 0.4) is 0 Å². The second-order valence-electron chi connectivity index (χ2n) is 2.18. The summed E-state index contributed by atoms with van der Waals surface area (Å²) in [5, 5.41) is 2.57. The van der Waals surface area contributed by atoms with E-state index in [0.29, 0.717) is 6.54 Å². The topological polar surface area (TPSA) is 29.1 Å². The predicted molar refractivity (Wildman–Crippen MR) is 45.9 cm³/mol. The van der Waals surface area contributed by atoms with Gasteiger partial charge in [-0.1, -0.05) is 18.9 Å². The lowest BCUT2D eigenvalue weighted by Crippen LogP contribution is -2.24. The molecule has 0 aromatic heterocycles. The molecule has 60 valence electrons. The van der Waals surface area contributed by atoms with Gasteiger partial charge in [0, 0.05) is 5.57 Å². The molecule has 1 N–H and O–H groups in total. The molecule has 0 saturated heterocycles. The zero-order valence-electron chi connectivity index (χ0n) is 6.98. The molecule has 0 saturated carbocycles. The second kappa shape index (κ2) is 5.55. The van der Waals surface area contributed by atoms with Gasteiger partial charge in [-0.25, -0.2) is 0 Å². The highest BCUT2D eigenvalue weighted by molar-refractivity contribution is 5.92. The molecule has 0 atom stereocenters. The lowest BCUT2D eigenvalue weighted by atomic mass is 10.2. The Hall–Kier alpha value is -1.23. The maximum absolute atomic E-state index is 11.0. The molecule has 1 amide bonds. The Morgan fingerprint density at radius 2 is 2.36 bits per heavy atom. The van der Waals surface area contributed by atoms with E-state index in [1.807, 2.05) is 13.0 Å². The molecule has 0 aliphatic rings. The van der Waals surface area contributed by atoms with Crippen molar-refractivity contribution in [3.8, 4) is 12.3 Å². The van der Waals surface area contributed by atoms with Gasteiger partial charge < -0.3 is 5.32 Å². The van der Waals surface area contributed by atoms with Gasteiger partial charge in [-0.3, -0.25) is 4.79 Å². The van der Waals surface area contributed by atoms with Crippen LogP contribution in [0, 0.1) is 12.3 Å². The van der Waals surface area contributed by atoms with Crippen molar-refractivity contribution in [2.75, 3.05) is 6.54 Å². The van der Waals surface area contributed by atoms with Crippen molar-refractivity contribution in [2.45, 2.75) is 20.3 Å². The van der Waals surface area contributed by atoms with Crippen molar-refractivity contribution in [3.63, 3.8) is 0 Å². The van der Waals surface area contributed by atoms with Gasteiger partial charge in [0.2, 0.25) is 5.91 Å². The van der Waals surface area contributed by atoms with E-state index in [2.05, 4.69) is 11.2 Å². The molecule has 0 aliphatic carbocycles. The highest BCUT2D eigenvalue weighted by Gasteiger charge is 1.99. The molecule has 0 fully saturated rings. The monoisotopic (exact) mass is 151 g/mol. The summed E-state index contributed by atoms with van der Waals surface area (Å²) in [5.74, 6) is 2.26. The molecule has 11 heavy (non-hydrogen) atoms. The summed E-state index contributed by atoms with van der Waals surface area (Å²) in [5.41, 5.74) is 0.725. The summed E-state index contributed by atoms with van der Waals surface area (Å²) < 4.78 is 0. The number of allylic oxidation sites excluding steroid dienone is 1. The second-order valence-corrected chi connectivity index (χ2v) is 2.18. The van der Waals surface area contributed by atoms with E-state index in [1.54, 1.807) is 6.92 Å². The van der Waals surface area contributed by atoms with Crippen LogP contribution >= 0.6 is 0 Å². The summed E-state index contributed by atoms with van der Waals surface area (Å²) in [6, 6.07) is 0. The van der Waals surface area contributed by atoms with E-state index in [9.17, 15) is 4.79 Å². The van der Waals surface area contributed by atoms with E-state index in [0.717, 1.165) is 12.0 Å². The number of carbonyl (C=O) groups is 1. The van der Waals surface area contributed by atoms with Crippen LogP contribution < -0.4 is 5.32 Å². The van der Waals surface area contributed by atoms with Crippen molar-refractivity contribution in [3.05, 3.63) is 11.6 Å². The molecule has 0 aromatic rings. The Kier molecular flexibility index (Phi) is 4.93. The highest BCUT2D eigenvalue weighted by Crippen LogP contribution is 1.93. The molecule has 0 aromatic carbocycles. The SMILES string of the molecule is C#CCNC(=O)/C(C)=C\CC. The summed E-state index contributed by atoms with van der Waals surface area (Å²) in [4.78, 5) is 11.0. The van der Waals surface area contributed by atoms with Gasteiger partial charge in [0.1, 0.15) is 0 Å². The number of hydrogen-bond acceptors (Lipinski definition) is 1. The van der Waals surface area contributed by atoms with Crippen LogP contribution in [0.15, 0.2) is 11.6 Å². The zero-order chi connectivity index (χ0) is 8.69. The summed E-state index contributed by atoms with van der Waals surface area (Å²) in [6.07, 6.45) is 7.70. The summed E-state index contributed by atoms with van der Waals surface area (Å²) >= 11 is 0. The van der Waals surface area contributed by atoms with E-state index < -0.39 is 0 Å². The molecule has 0 bridgehead atoms. The molecule has 2 heteroatoms. The first kappa shape index (κ1) is 9.77. The van der Waals surface area contributed by atoms with Gasteiger partial charge in [-0.05, 0) is 13.3 Å². The first-order valence-corrected chi connectivity index (χ1v) is 3.60. The van der Waals surface area contributed by atoms with Crippen molar-refractivity contribution in [2.24, 2.45) is 0 Å². The van der Waals surface area contributed by atoms with E-state index in [-0.39, 0.29) is 5.91 Å². The maximum atomic E-state index is 11.0. The van der Waals surface area contributed by atoms with Gasteiger partial charge in [0.15, 0.2) is 0 Å². The first-order chi connectivity index (χ1) is 5.22. The van der Waals surface area contributed by atoms with Gasteiger partial charge in [0.05, 0.1) is 6.54 Å². The summed E-state index contributed by atoms with van der Waals surface area (Å²) in [7, 11) is 0. The van der Waals surface area contributed by atoms with E-state index in [4.69, 9.17) is 6.42 Å². The number of terminal acetylenes is 1. The Bertz CT molecular complexity index is 198. The molecular formula is C9H13NO. The van der Waals surface area contributed by atoms with Crippen LogP contribution in [0.1, 0.15) is 20.3 Å². The Morgan fingerprint density at radius 1 is 1.73 bits per heavy atom. The van der Waals surface area contributed by atoms with E-state index in [1.165, 1.54) is 0 Å². The molecule has 0 radical (unpaired) electrons. The van der Waals surface area contributed by atoms with Gasteiger partial charge in [-0.15, -0.1) is 6.42 Å². The minimum atomic E-state index is -0.0789. The van der Waals surface area contributed by atoms with Crippen molar-refractivity contribution < 1.29 is 4.79 Å². The third kappa shape index (κ3) is 4.21. The fourth-order valence-corrected chi connectivity index (χ4v) is 0.670. The third-order valence-corrected chi connectivity index (χ3v) is 1.22. The predicted octanol–water partition coefficient (Wildman–Crippen LogP) is 1.09. The van der Waals surface area contributed by atoms with Crippen LogP contribution in [-0.4, -0.2) is 12.5 Å². The normalized spacial score (nSPS) is 10.5. The van der Waals surface area contributed by atoms with Crippen LogP contribution in [0.25, 0.3) is 0 Å². The summed E-state index contributed by atoms with van der Waals surface area (Å²) in [6.45, 7) is 4.06. The molecule has 0 spiro atoms. The van der Waals surface area contributed by atoms with Gasteiger partial charge in [-0.2, -0.15) is 0 Å². The number of amides is 1. The zero-order valence-corrected chi connectivity index (χ0v) is 6.98. The molecule has 0 rings (SSSR count). The van der Waals surface area contributed by atoms with Crippen molar-refractivity contribution >= 4 is 5.91 Å². The van der Waals surface area contributed by atoms with Crippen LogP contribution in [-0.2, 0) is 4.79 Å². The van der Waals surface area contributed by atoms with Gasteiger partial charge in [0.25, 0.3) is 0 Å². The Morgan fingerprint density at radius 3 is 2.82 bits per heavy atom. The molecule has 0 aliphatic heterocycles. The number of rotatable bonds is 3. The Labute approximate surface area is 67.7 Å². The minimum absolute atomic E-state index is 0.0789. The molecule has 2 nitrogen and oxygen atoms in total. The molecule has 0 heterocycles. The van der Waals surface area contributed by atoms with Crippen molar-refractivity contribution in [1.82, 2.24) is 5.32 Å². The first-order valence-electron chi connectivity index (χ1n) is 3.60. The largest absolute Gasteiger partial charge is 0.341 e. The standard InChI is InChI=1S/C9H13NO/c1-4-6-8(3)9(11)10-7-5-2/h2,6H,4,7H2,1,3H3,(H,10,11)/b8-6-. The number of hydrogen-bond donors (Lipinski definition) is 1. The minimum Gasteiger partial charge on any atom is -0.341 e. The number of nitrogens with one attached hydrogen (secondary N) is 1.